The molecule has 7 nitrogen and oxygen atoms in total. The molecule has 34 heavy (non-hydrogen) atoms. The quantitative estimate of drug-likeness (QED) is 0.121. The molecular weight excluding hydrogens is 434 g/mol. The summed E-state index contributed by atoms with van der Waals surface area (Å²) < 4.78 is 16.7. The lowest BCUT2D eigenvalue weighted by atomic mass is 10.0. The number of nitrogens with one attached hydrogen (secondary N) is 1. The Balaban J connectivity index is 4.06. The van der Waals surface area contributed by atoms with E-state index in [2.05, 4.69) is 18.3 Å². The molecule has 0 saturated carbocycles. The van der Waals surface area contributed by atoms with Gasteiger partial charge in [0, 0.05) is 0 Å². The topological polar surface area (TPSA) is 100 Å². The lowest BCUT2D eigenvalue weighted by molar-refractivity contribution is -0.0475. The predicted octanol–water partition coefficient (Wildman–Crippen LogP) is 4.34. The molecule has 0 aliphatic heterocycles. The molecule has 0 rings (SSSR count). The van der Waals surface area contributed by atoms with Crippen molar-refractivity contribution in [3.05, 3.63) is 12.3 Å². The lowest BCUT2D eigenvalue weighted by Crippen LogP contribution is -2.55. The zero-order chi connectivity index (χ0) is 25.0. The van der Waals surface area contributed by atoms with Gasteiger partial charge < -0.3 is 34.8 Å². The Kier molecular flexibility index (Phi) is 26.3. The number of hydrogen-bond donors (Lipinski definition) is 4. The third-order valence-electron chi connectivity index (χ3n) is 5.82. The molecule has 0 radical (unpaired) electrons. The van der Waals surface area contributed by atoms with E-state index in [1.165, 1.54) is 83.5 Å². The molecule has 0 saturated heterocycles. The number of ether oxygens (including phenoxy) is 3. The van der Waals surface area contributed by atoms with Gasteiger partial charge in [-0.15, -0.1) is 0 Å². The van der Waals surface area contributed by atoms with E-state index in [9.17, 15) is 0 Å². The van der Waals surface area contributed by atoms with Crippen LogP contribution in [-0.4, -0.2) is 80.3 Å². The Bertz CT molecular complexity index is 395. The van der Waals surface area contributed by atoms with E-state index in [1.807, 2.05) is 6.20 Å². The van der Waals surface area contributed by atoms with Gasteiger partial charge in [0.05, 0.1) is 59.5 Å². The Morgan fingerprint density at radius 3 is 1.35 bits per heavy atom. The van der Waals surface area contributed by atoms with Gasteiger partial charge >= 0.3 is 0 Å². The van der Waals surface area contributed by atoms with E-state index >= 15 is 0 Å². The van der Waals surface area contributed by atoms with Gasteiger partial charge in [-0.25, -0.2) is 0 Å². The maximum atomic E-state index is 9.03. The van der Waals surface area contributed by atoms with Crippen LogP contribution in [0.1, 0.15) is 96.8 Å². The van der Waals surface area contributed by atoms with Crippen molar-refractivity contribution in [3.63, 3.8) is 0 Å². The van der Waals surface area contributed by atoms with Crippen LogP contribution in [0.15, 0.2) is 12.3 Å². The highest BCUT2D eigenvalue weighted by atomic mass is 16.5. The van der Waals surface area contributed by atoms with Crippen LogP contribution < -0.4 is 5.32 Å². The second kappa shape index (κ2) is 26.9. The Morgan fingerprint density at radius 2 is 0.971 bits per heavy atom. The van der Waals surface area contributed by atoms with Gasteiger partial charge in [-0.2, -0.15) is 0 Å². The van der Waals surface area contributed by atoms with Crippen molar-refractivity contribution in [2.24, 2.45) is 0 Å². The van der Waals surface area contributed by atoms with Crippen LogP contribution >= 0.6 is 0 Å². The van der Waals surface area contributed by atoms with Crippen molar-refractivity contribution in [1.82, 2.24) is 5.32 Å². The van der Waals surface area contributed by atoms with Gasteiger partial charge in [0.15, 0.2) is 0 Å². The number of hydrogen-bond acceptors (Lipinski definition) is 7. The van der Waals surface area contributed by atoms with Gasteiger partial charge in [0.2, 0.25) is 0 Å². The molecule has 0 spiro atoms. The highest BCUT2D eigenvalue weighted by Crippen LogP contribution is 2.13. The van der Waals surface area contributed by atoms with Crippen molar-refractivity contribution in [1.29, 1.82) is 0 Å². The summed E-state index contributed by atoms with van der Waals surface area (Å²) in [5, 5.41) is 30.4. The third-order valence-corrected chi connectivity index (χ3v) is 5.82. The van der Waals surface area contributed by atoms with E-state index in [-0.39, 0.29) is 59.5 Å². The van der Waals surface area contributed by atoms with Gasteiger partial charge in [-0.1, -0.05) is 90.0 Å². The standard InChI is InChI=1S/C27H55NO6/c1-2-3-4-5-6-7-8-9-10-11-12-13-14-15-16-17-28-27(24-32-21-18-29,25-33-22-19-30)26-34-23-20-31/h16-17,28-31H,2-15,18-26H2,1H3. The third kappa shape index (κ3) is 21.8. The van der Waals surface area contributed by atoms with Crippen LogP contribution in [0.25, 0.3) is 0 Å². The predicted molar refractivity (Wildman–Crippen MR) is 139 cm³/mol. The molecule has 0 unspecified atom stereocenters. The smallest absolute Gasteiger partial charge is 0.107 e. The second-order valence-electron chi connectivity index (χ2n) is 9.19. The van der Waals surface area contributed by atoms with Gasteiger partial charge in [-0.3, -0.25) is 0 Å². The summed E-state index contributed by atoms with van der Waals surface area (Å²) in [7, 11) is 0. The van der Waals surface area contributed by atoms with E-state index in [0.717, 1.165) is 6.42 Å². The molecule has 4 N–H and O–H groups in total. The molecule has 7 heteroatoms. The first-order valence-corrected chi connectivity index (χ1v) is 13.7. The number of allylic oxidation sites excluding steroid dienone is 1. The van der Waals surface area contributed by atoms with Gasteiger partial charge in [0.1, 0.15) is 5.54 Å². The summed E-state index contributed by atoms with van der Waals surface area (Å²) in [5.41, 5.74) is -0.647. The summed E-state index contributed by atoms with van der Waals surface area (Å²) in [6.45, 7) is 3.64. The van der Waals surface area contributed by atoms with Crippen LogP contribution in [-0.2, 0) is 14.2 Å². The minimum absolute atomic E-state index is 0.0556. The van der Waals surface area contributed by atoms with Crippen LogP contribution in [0.3, 0.4) is 0 Å². The van der Waals surface area contributed by atoms with Crippen molar-refractivity contribution in [2.45, 2.75) is 102 Å². The SMILES string of the molecule is CCCCCCCCCCCCCCCC=CNC(COCCO)(COCCO)COCCO. The molecule has 0 aromatic carbocycles. The zero-order valence-electron chi connectivity index (χ0n) is 22.0. The number of aliphatic hydroxyl groups is 3. The zero-order valence-corrected chi connectivity index (χ0v) is 22.0. The first-order chi connectivity index (χ1) is 16.7. The summed E-state index contributed by atoms with van der Waals surface area (Å²) in [4.78, 5) is 0. The average molecular weight is 490 g/mol. The molecule has 0 fully saturated rings. The molecule has 0 aromatic rings. The van der Waals surface area contributed by atoms with Crippen LogP contribution in [0.5, 0.6) is 0 Å². The van der Waals surface area contributed by atoms with Crippen LogP contribution in [0.2, 0.25) is 0 Å². The summed E-state index contributed by atoms with van der Waals surface area (Å²) >= 11 is 0. The largest absolute Gasteiger partial charge is 0.394 e. The highest BCUT2D eigenvalue weighted by Gasteiger charge is 2.30. The molecule has 0 aliphatic carbocycles. The van der Waals surface area contributed by atoms with Crippen molar-refractivity contribution < 1.29 is 29.5 Å². The molecule has 0 bridgehead atoms. The van der Waals surface area contributed by atoms with Crippen LogP contribution in [0, 0.1) is 0 Å². The van der Waals surface area contributed by atoms with Gasteiger partial charge in [-0.05, 0) is 19.0 Å². The van der Waals surface area contributed by atoms with E-state index in [1.54, 1.807) is 0 Å². The van der Waals surface area contributed by atoms with Crippen molar-refractivity contribution in [2.75, 3.05) is 59.5 Å². The summed E-state index contributed by atoms with van der Waals surface area (Å²) in [5.74, 6) is 0. The van der Waals surface area contributed by atoms with Crippen LogP contribution in [0.4, 0.5) is 0 Å². The maximum Gasteiger partial charge on any atom is 0.107 e. The molecule has 0 aliphatic rings. The van der Waals surface area contributed by atoms with E-state index in [0.29, 0.717) is 0 Å². The maximum absolute atomic E-state index is 9.03. The first-order valence-electron chi connectivity index (χ1n) is 13.7. The number of rotatable bonds is 28. The normalized spacial score (nSPS) is 12.1. The first kappa shape index (κ1) is 33.3. The number of unbranched alkanes of at least 4 members (excludes halogenated alkanes) is 13. The second-order valence-corrected chi connectivity index (χ2v) is 9.19. The minimum atomic E-state index is -0.647. The Hall–Kier alpha value is -0.700. The average Bonchev–Trinajstić information content (AvgIpc) is 2.84. The fourth-order valence-electron chi connectivity index (χ4n) is 3.85. The van der Waals surface area contributed by atoms with E-state index in [4.69, 9.17) is 29.5 Å². The fourth-order valence-corrected chi connectivity index (χ4v) is 3.85. The monoisotopic (exact) mass is 489 g/mol. The molecule has 204 valence electrons. The Labute approximate surface area is 209 Å². The van der Waals surface area contributed by atoms with E-state index < -0.39 is 5.54 Å². The molecule has 0 heterocycles. The molecule has 0 aromatic heterocycles. The fraction of sp³-hybridized carbons (Fsp3) is 0.926. The van der Waals surface area contributed by atoms with Crippen molar-refractivity contribution >= 4 is 0 Å². The molecule has 0 atom stereocenters. The lowest BCUT2D eigenvalue weighted by Gasteiger charge is -2.33. The highest BCUT2D eigenvalue weighted by molar-refractivity contribution is 4.95. The summed E-state index contributed by atoms with van der Waals surface area (Å²) in [6, 6.07) is 0. The number of aliphatic hydroxyl groups excluding tert-OH is 3. The molecular formula is C27H55NO6. The Morgan fingerprint density at radius 1 is 0.588 bits per heavy atom. The summed E-state index contributed by atoms with van der Waals surface area (Å²) in [6.07, 6.45) is 22.6. The minimum Gasteiger partial charge on any atom is -0.394 e. The van der Waals surface area contributed by atoms with Crippen molar-refractivity contribution in [3.8, 4) is 0 Å². The van der Waals surface area contributed by atoms with Gasteiger partial charge in [0.25, 0.3) is 0 Å². The molecule has 0 amide bonds.